The summed E-state index contributed by atoms with van der Waals surface area (Å²) >= 11 is 0. The maximum Gasteiger partial charge on any atom is 0.311 e. The number of nitrogens with zero attached hydrogens (tertiary/aromatic N) is 2. The number of unbranched alkanes of at least 4 members (excludes halogenated alkanes) is 4. The molecule has 0 spiro atoms. The molecule has 3 aliphatic carbocycles. The topological polar surface area (TPSA) is 197 Å². The van der Waals surface area contributed by atoms with Gasteiger partial charge < -0.3 is 63.8 Å². The van der Waals surface area contributed by atoms with Gasteiger partial charge in [-0.05, 0) is 184 Å². The molecule has 3 saturated carbocycles. The average molecular weight is 1140 g/mol. The molecular formula is C63H116N2O13P+. The molecule has 6 fully saturated rings. The van der Waals surface area contributed by atoms with Crippen molar-refractivity contribution >= 4 is 19.1 Å². The third-order valence-corrected chi connectivity index (χ3v) is 27.7. The highest BCUT2D eigenvalue weighted by molar-refractivity contribution is 7.77. The molecule has 0 aromatic heterocycles. The van der Waals surface area contributed by atoms with E-state index in [4.69, 9.17) is 28.4 Å². The Kier molecular flexibility index (Phi) is 25.3. The Morgan fingerprint density at radius 2 is 1.29 bits per heavy atom. The predicted octanol–water partition coefficient (Wildman–Crippen LogP) is 10.2. The number of hydrogen-bond acceptors (Lipinski definition) is 14. The van der Waals surface area contributed by atoms with Crippen LogP contribution >= 0.6 is 7.26 Å². The monoisotopic (exact) mass is 1140 g/mol. The normalized spacial score (nSPS) is 40.9. The maximum absolute atomic E-state index is 14.8. The SMILES string of the molecule is CC[C@H]1OC(=O)[C@H](C)[C@@H](O[C@H]2C[C@@](C)(OC)[C@@H](O)[C@H](C)O2)[C@H](C)[C@@H](O[C@@H]2O[C@H](C)C[C@H](N(C)C)[C@H]2O)[C@](C)(O)C[C@@H](C)CN(C(=O)CCCCCCC[P+](C2CCCCC2)(C2CCCCC2)C2CCCCC2)[C@H](C)[C@@H](O)[C@]1(C)O. The van der Waals surface area contributed by atoms with Crippen molar-refractivity contribution in [3.63, 3.8) is 0 Å². The molecule has 3 saturated heterocycles. The van der Waals surface area contributed by atoms with Crippen molar-refractivity contribution in [2.75, 3.05) is 33.9 Å². The maximum atomic E-state index is 14.8. The smallest absolute Gasteiger partial charge is 0.311 e. The molecular weight excluding hydrogens is 1020 g/mol. The summed E-state index contributed by atoms with van der Waals surface area (Å²) in [6, 6.07) is -1.21. The number of cyclic esters (lactones) is 1. The van der Waals surface area contributed by atoms with Gasteiger partial charge in [-0.25, -0.2) is 0 Å². The van der Waals surface area contributed by atoms with Crippen LogP contribution < -0.4 is 0 Å². The van der Waals surface area contributed by atoms with Crippen molar-refractivity contribution < 1.29 is 63.5 Å². The molecule has 1 amide bonds. The first-order valence-corrected chi connectivity index (χ1v) is 34.2. The van der Waals surface area contributed by atoms with Crippen molar-refractivity contribution in [3.8, 4) is 0 Å². The molecule has 0 bridgehead atoms. The van der Waals surface area contributed by atoms with Crippen LogP contribution in [0.15, 0.2) is 0 Å². The number of carbonyl (C=O) groups is 2. The van der Waals surface area contributed by atoms with Crippen LogP contribution in [-0.4, -0.2) is 188 Å². The number of aliphatic hydroxyl groups is 5. The Bertz CT molecular complexity index is 1800. The van der Waals surface area contributed by atoms with Gasteiger partial charge in [-0.2, -0.15) is 0 Å². The van der Waals surface area contributed by atoms with Crippen LogP contribution in [0.4, 0.5) is 0 Å². The fraction of sp³-hybridized carbons (Fsp3) is 0.968. The second-order valence-electron chi connectivity index (χ2n) is 27.4. The molecule has 3 heterocycles. The Hall–Kier alpha value is -1.07. The van der Waals surface area contributed by atoms with E-state index in [9.17, 15) is 35.1 Å². The van der Waals surface area contributed by atoms with Gasteiger partial charge in [0.15, 0.2) is 12.6 Å². The minimum atomic E-state index is -1.98. The van der Waals surface area contributed by atoms with E-state index in [0.717, 1.165) is 29.8 Å². The molecule has 3 aliphatic heterocycles. The Labute approximate surface area is 479 Å². The van der Waals surface area contributed by atoms with Crippen LogP contribution in [0, 0.1) is 17.8 Å². The van der Waals surface area contributed by atoms with Gasteiger partial charge in [0.05, 0.1) is 70.7 Å². The summed E-state index contributed by atoms with van der Waals surface area (Å²) in [5.74, 6) is -3.14. The standard InChI is InChI=1S/C63H116N2O13P/c1-14-51-63(10,72)56(68)45(6)65(52(66)35-27-16-15-17-28-36-79(47-29-21-18-22-30-47,48-31-23-19-24-32-48)49-33-25-20-26-34-49)40-41(2)38-61(8,71)58(78-60-54(67)50(64(11)12)37-42(3)74-60)43(4)55(44(5)59(70)76-51)77-53-39-62(9,73-13)57(69)46(7)75-53/h41-51,53-58,60,67-69,71-72H,14-40H2,1-13H3/q+1/t41-,42-,43+,44-,45-,46+,50+,51-,53+,54-,55+,56-,57+,58-,60+,61-,62-,63-/m1/s1. The van der Waals surface area contributed by atoms with E-state index in [2.05, 4.69) is 0 Å². The number of hydrogen-bond donors (Lipinski definition) is 5. The third kappa shape index (κ3) is 16.3. The van der Waals surface area contributed by atoms with Crippen molar-refractivity contribution in [2.24, 2.45) is 17.8 Å². The van der Waals surface area contributed by atoms with Gasteiger partial charge in [-0.15, -0.1) is 0 Å². The highest BCUT2D eigenvalue weighted by Crippen LogP contribution is 2.77. The van der Waals surface area contributed by atoms with E-state index in [0.29, 0.717) is 12.8 Å². The van der Waals surface area contributed by atoms with Crippen LogP contribution in [0.25, 0.3) is 0 Å². The molecule has 460 valence electrons. The predicted molar refractivity (Wildman–Crippen MR) is 313 cm³/mol. The zero-order valence-electron chi connectivity index (χ0n) is 51.8. The third-order valence-electron chi connectivity index (χ3n) is 20.9. The zero-order chi connectivity index (χ0) is 58.0. The van der Waals surface area contributed by atoms with Gasteiger partial charge in [0, 0.05) is 45.7 Å². The zero-order valence-corrected chi connectivity index (χ0v) is 52.7. The average Bonchev–Trinajstić information content (AvgIpc) is 3.64. The molecule has 16 heteroatoms. The van der Waals surface area contributed by atoms with Crippen molar-refractivity contribution in [3.05, 3.63) is 0 Å². The number of ether oxygens (including phenoxy) is 6. The molecule has 5 N–H and O–H groups in total. The Morgan fingerprint density at radius 1 is 0.747 bits per heavy atom. The van der Waals surface area contributed by atoms with Gasteiger partial charge in [-0.1, -0.05) is 52.9 Å². The minimum absolute atomic E-state index is 0.0984. The molecule has 0 aromatic carbocycles. The van der Waals surface area contributed by atoms with E-state index < -0.39 is 103 Å². The summed E-state index contributed by atoms with van der Waals surface area (Å²) in [5, 5.41) is 60.8. The first kappa shape index (κ1) is 67.1. The molecule has 79 heavy (non-hydrogen) atoms. The number of esters is 1. The van der Waals surface area contributed by atoms with Crippen LogP contribution in [0.5, 0.6) is 0 Å². The Morgan fingerprint density at radius 3 is 1.82 bits per heavy atom. The lowest BCUT2D eigenvalue weighted by Crippen LogP contribution is -2.60. The number of likely N-dealkylation sites (N-methyl/N-ethyl adjacent to an activating group) is 1. The molecule has 6 aliphatic rings. The first-order chi connectivity index (χ1) is 37.3. The van der Waals surface area contributed by atoms with Gasteiger partial charge in [0.25, 0.3) is 0 Å². The molecule has 0 aromatic rings. The van der Waals surface area contributed by atoms with Crippen molar-refractivity contribution in [2.45, 2.75) is 337 Å². The highest BCUT2D eigenvalue weighted by atomic mass is 31.2. The fourth-order valence-electron chi connectivity index (χ4n) is 16.3. The summed E-state index contributed by atoms with van der Waals surface area (Å²) < 4.78 is 38.4. The van der Waals surface area contributed by atoms with E-state index in [-0.39, 0.29) is 56.2 Å². The minimum Gasteiger partial charge on any atom is -0.459 e. The Balaban J connectivity index is 1.24. The highest BCUT2D eigenvalue weighted by Gasteiger charge is 2.57. The largest absolute Gasteiger partial charge is 0.459 e. The molecule has 0 radical (unpaired) electrons. The van der Waals surface area contributed by atoms with Crippen molar-refractivity contribution in [1.82, 2.24) is 9.80 Å². The van der Waals surface area contributed by atoms with Crippen LogP contribution in [0.1, 0.15) is 230 Å². The molecule has 6 rings (SSSR count). The summed E-state index contributed by atoms with van der Waals surface area (Å²) in [7, 11) is 4.16. The van der Waals surface area contributed by atoms with Gasteiger partial charge in [-0.3, -0.25) is 9.59 Å². The lowest BCUT2D eigenvalue weighted by Gasteiger charge is -2.49. The van der Waals surface area contributed by atoms with Gasteiger partial charge in [0.1, 0.15) is 30.0 Å². The molecule has 18 atom stereocenters. The van der Waals surface area contributed by atoms with E-state index >= 15 is 0 Å². The van der Waals surface area contributed by atoms with Gasteiger partial charge >= 0.3 is 5.97 Å². The van der Waals surface area contributed by atoms with E-state index in [1.54, 1.807) is 46.4 Å². The number of amides is 1. The van der Waals surface area contributed by atoms with Crippen LogP contribution in [0.3, 0.4) is 0 Å². The second kappa shape index (κ2) is 29.8. The van der Waals surface area contributed by atoms with Crippen molar-refractivity contribution in [1.29, 1.82) is 0 Å². The van der Waals surface area contributed by atoms with Gasteiger partial charge in [0.2, 0.25) is 5.91 Å². The summed E-state index contributed by atoms with van der Waals surface area (Å²) in [5.41, 5.74) is -1.79. The number of methoxy groups -OCH3 is 1. The summed E-state index contributed by atoms with van der Waals surface area (Å²) in [4.78, 5) is 33.1. The summed E-state index contributed by atoms with van der Waals surface area (Å²) in [6.45, 7) is 17.7. The lowest BCUT2D eigenvalue weighted by atomic mass is 9.77. The second-order valence-corrected chi connectivity index (χ2v) is 32.0. The number of carbonyl (C=O) groups excluding carboxylic acids is 2. The summed E-state index contributed by atoms with van der Waals surface area (Å²) in [6.07, 6.45) is 19.3. The van der Waals surface area contributed by atoms with E-state index in [1.807, 2.05) is 39.8 Å². The molecule has 0 unspecified atom stereocenters. The molecule has 15 nitrogen and oxygen atoms in total. The number of rotatable bonds is 18. The number of aliphatic hydroxyl groups excluding tert-OH is 3. The van der Waals surface area contributed by atoms with E-state index in [1.165, 1.54) is 129 Å². The lowest BCUT2D eigenvalue weighted by molar-refractivity contribution is -0.318. The first-order valence-electron chi connectivity index (χ1n) is 32.0. The quantitative estimate of drug-likeness (QED) is 0.0494. The van der Waals surface area contributed by atoms with Crippen LogP contribution in [0.2, 0.25) is 0 Å². The van der Waals surface area contributed by atoms with Crippen LogP contribution in [-0.2, 0) is 38.0 Å². The fourth-order valence-corrected chi connectivity index (χ4v) is 23.9.